The number of nitrogens with zero attached hydrogens (tertiary/aromatic N) is 1. The zero-order valence-electron chi connectivity index (χ0n) is 8.76. The largest absolute Gasteiger partial charge is 0.379 e. The molecule has 1 heterocycles. The van der Waals surface area contributed by atoms with Crippen molar-refractivity contribution in [2.24, 2.45) is 5.73 Å². The minimum absolute atomic E-state index is 0.162. The fourth-order valence-corrected chi connectivity index (χ4v) is 1.95. The first-order chi connectivity index (χ1) is 7.75. The molecular weight excluding hydrogens is 218 g/mol. The van der Waals surface area contributed by atoms with E-state index in [0.717, 1.165) is 11.4 Å². The molecule has 16 heavy (non-hydrogen) atoms. The minimum Gasteiger partial charge on any atom is -0.379 e. The van der Waals surface area contributed by atoms with Gasteiger partial charge in [0, 0.05) is 23.8 Å². The standard InChI is InChI=1S/C12H13N3S/c13-12(14)16-9-10-3-5-11(6-4-10)15-7-1-2-8-15/h1-8H,9H2,(H3,13,14). The number of hydrogen-bond donors (Lipinski definition) is 2. The van der Waals surface area contributed by atoms with Crippen LogP contribution >= 0.6 is 11.8 Å². The van der Waals surface area contributed by atoms with Gasteiger partial charge in [-0.25, -0.2) is 0 Å². The summed E-state index contributed by atoms with van der Waals surface area (Å²) < 4.78 is 2.06. The van der Waals surface area contributed by atoms with Gasteiger partial charge in [0.2, 0.25) is 0 Å². The van der Waals surface area contributed by atoms with Crippen molar-refractivity contribution in [3.05, 3.63) is 54.4 Å². The molecule has 2 rings (SSSR count). The molecule has 0 radical (unpaired) electrons. The van der Waals surface area contributed by atoms with Crippen LogP contribution in [0.3, 0.4) is 0 Å². The smallest absolute Gasteiger partial charge is 0.151 e. The summed E-state index contributed by atoms with van der Waals surface area (Å²) >= 11 is 1.34. The first kappa shape index (κ1) is 10.8. The first-order valence-corrected chi connectivity index (χ1v) is 5.93. The van der Waals surface area contributed by atoms with Crippen LogP contribution in [0.25, 0.3) is 5.69 Å². The van der Waals surface area contributed by atoms with Crippen LogP contribution in [0.15, 0.2) is 48.8 Å². The molecule has 0 fully saturated rings. The maximum absolute atomic E-state index is 7.14. The summed E-state index contributed by atoms with van der Waals surface area (Å²) in [5.41, 5.74) is 7.61. The molecule has 0 aliphatic heterocycles. The van der Waals surface area contributed by atoms with Gasteiger partial charge in [0.05, 0.1) is 0 Å². The summed E-state index contributed by atoms with van der Waals surface area (Å²) in [6, 6.07) is 12.3. The van der Waals surface area contributed by atoms with Crippen molar-refractivity contribution in [1.82, 2.24) is 4.57 Å². The normalized spacial score (nSPS) is 10.2. The molecule has 0 amide bonds. The van der Waals surface area contributed by atoms with E-state index in [-0.39, 0.29) is 5.17 Å². The molecule has 0 bridgehead atoms. The van der Waals surface area contributed by atoms with E-state index in [9.17, 15) is 0 Å². The highest BCUT2D eigenvalue weighted by Crippen LogP contribution is 2.14. The Hall–Kier alpha value is -1.68. The highest BCUT2D eigenvalue weighted by atomic mass is 32.2. The fraction of sp³-hybridized carbons (Fsp3) is 0.0833. The predicted molar refractivity (Wildman–Crippen MR) is 69.0 cm³/mol. The van der Waals surface area contributed by atoms with Gasteiger partial charge in [0.15, 0.2) is 5.17 Å². The first-order valence-electron chi connectivity index (χ1n) is 4.95. The quantitative estimate of drug-likeness (QED) is 0.630. The van der Waals surface area contributed by atoms with Crippen LogP contribution < -0.4 is 5.73 Å². The van der Waals surface area contributed by atoms with Gasteiger partial charge in [-0.1, -0.05) is 23.9 Å². The number of nitrogens with one attached hydrogen (secondary N) is 1. The Bertz CT molecular complexity index is 460. The van der Waals surface area contributed by atoms with Crippen molar-refractivity contribution in [2.75, 3.05) is 0 Å². The van der Waals surface area contributed by atoms with Crippen molar-refractivity contribution in [1.29, 1.82) is 5.41 Å². The van der Waals surface area contributed by atoms with Crippen LogP contribution in [0.2, 0.25) is 0 Å². The zero-order valence-corrected chi connectivity index (χ0v) is 9.58. The van der Waals surface area contributed by atoms with Crippen molar-refractivity contribution in [3.8, 4) is 5.69 Å². The Labute approximate surface area is 98.8 Å². The maximum atomic E-state index is 7.14. The molecule has 3 nitrogen and oxygen atoms in total. The Morgan fingerprint density at radius 3 is 2.38 bits per heavy atom. The van der Waals surface area contributed by atoms with Gasteiger partial charge >= 0.3 is 0 Å². The number of rotatable bonds is 3. The van der Waals surface area contributed by atoms with E-state index in [1.807, 2.05) is 24.5 Å². The molecule has 4 heteroatoms. The second-order valence-corrected chi connectivity index (χ2v) is 4.43. The molecule has 0 unspecified atom stereocenters. The molecule has 0 spiro atoms. The van der Waals surface area contributed by atoms with E-state index in [4.69, 9.17) is 11.1 Å². The zero-order chi connectivity index (χ0) is 11.4. The molecule has 0 saturated carbocycles. The van der Waals surface area contributed by atoms with Gasteiger partial charge in [-0.2, -0.15) is 0 Å². The summed E-state index contributed by atoms with van der Waals surface area (Å²) in [5.74, 6) is 0.751. The Balaban J connectivity index is 2.08. The lowest BCUT2D eigenvalue weighted by Crippen LogP contribution is -2.03. The van der Waals surface area contributed by atoms with E-state index in [1.165, 1.54) is 17.3 Å². The molecule has 0 saturated heterocycles. The molecule has 1 aromatic heterocycles. The molecule has 0 aliphatic carbocycles. The molecule has 3 N–H and O–H groups in total. The third-order valence-corrected chi connectivity index (χ3v) is 3.02. The van der Waals surface area contributed by atoms with Crippen LogP contribution in [0.4, 0.5) is 0 Å². The van der Waals surface area contributed by atoms with Gasteiger partial charge < -0.3 is 10.3 Å². The molecular formula is C12H13N3S. The van der Waals surface area contributed by atoms with E-state index >= 15 is 0 Å². The van der Waals surface area contributed by atoms with E-state index in [0.29, 0.717) is 0 Å². The van der Waals surface area contributed by atoms with Crippen molar-refractivity contribution in [2.45, 2.75) is 5.75 Å². The van der Waals surface area contributed by atoms with E-state index in [1.54, 1.807) is 0 Å². The number of aromatic nitrogens is 1. The third-order valence-electron chi connectivity index (χ3n) is 2.23. The van der Waals surface area contributed by atoms with Crippen LogP contribution in [0.5, 0.6) is 0 Å². The Morgan fingerprint density at radius 1 is 1.19 bits per heavy atom. The summed E-state index contributed by atoms with van der Waals surface area (Å²) in [7, 11) is 0. The van der Waals surface area contributed by atoms with Gasteiger partial charge in [0.1, 0.15) is 0 Å². The lowest BCUT2D eigenvalue weighted by Gasteiger charge is -2.04. The number of benzene rings is 1. The summed E-state index contributed by atoms with van der Waals surface area (Å²) in [6.45, 7) is 0. The van der Waals surface area contributed by atoms with Gasteiger partial charge in [-0.3, -0.25) is 5.41 Å². The second kappa shape index (κ2) is 4.90. The monoisotopic (exact) mass is 231 g/mol. The summed E-state index contributed by atoms with van der Waals surface area (Å²) in [6.07, 6.45) is 4.03. The van der Waals surface area contributed by atoms with Crippen LogP contribution in [0, 0.1) is 5.41 Å². The number of thioether (sulfide) groups is 1. The fourth-order valence-electron chi connectivity index (χ4n) is 1.43. The van der Waals surface area contributed by atoms with E-state index in [2.05, 4.69) is 28.8 Å². The lowest BCUT2D eigenvalue weighted by atomic mass is 10.2. The van der Waals surface area contributed by atoms with Crippen LogP contribution in [0.1, 0.15) is 5.56 Å². The van der Waals surface area contributed by atoms with Crippen molar-refractivity contribution >= 4 is 16.9 Å². The highest BCUT2D eigenvalue weighted by molar-refractivity contribution is 8.13. The molecule has 2 aromatic rings. The van der Waals surface area contributed by atoms with E-state index < -0.39 is 0 Å². The molecule has 0 aliphatic rings. The van der Waals surface area contributed by atoms with Gasteiger partial charge in [0.25, 0.3) is 0 Å². The average Bonchev–Trinajstić information content (AvgIpc) is 2.80. The third kappa shape index (κ3) is 2.67. The topological polar surface area (TPSA) is 54.8 Å². The highest BCUT2D eigenvalue weighted by Gasteiger charge is 1.97. The molecule has 82 valence electrons. The second-order valence-electron chi connectivity index (χ2n) is 3.41. The number of hydrogen-bond acceptors (Lipinski definition) is 2. The maximum Gasteiger partial charge on any atom is 0.151 e. The predicted octanol–water partition coefficient (Wildman–Crippen LogP) is 2.60. The Kier molecular flexibility index (Phi) is 3.31. The molecule has 0 atom stereocenters. The van der Waals surface area contributed by atoms with Crippen LogP contribution in [-0.2, 0) is 5.75 Å². The van der Waals surface area contributed by atoms with Crippen LogP contribution in [-0.4, -0.2) is 9.73 Å². The van der Waals surface area contributed by atoms with Crippen molar-refractivity contribution < 1.29 is 0 Å². The summed E-state index contributed by atoms with van der Waals surface area (Å²) in [4.78, 5) is 0. The van der Waals surface area contributed by atoms with Gasteiger partial charge in [-0.15, -0.1) is 0 Å². The Morgan fingerprint density at radius 2 is 1.81 bits per heavy atom. The molecule has 1 aromatic carbocycles. The SMILES string of the molecule is N=C(N)SCc1ccc(-n2cccc2)cc1. The number of amidine groups is 1. The van der Waals surface area contributed by atoms with Gasteiger partial charge in [-0.05, 0) is 29.8 Å². The van der Waals surface area contributed by atoms with Crippen molar-refractivity contribution in [3.63, 3.8) is 0 Å². The average molecular weight is 231 g/mol. The lowest BCUT2D eigenvalue weighted by molar-refractivity contribution is 1.08. The summed E-state index contributed by atoms with van der Waals surface area (Å²) in [5, 5.41) is 7.30. The number of nitrogens with two attached hydrogens (primary N) is 1. The minimum atomic E-state index is 0.162.